The molecule has 0 aromatic heterocycles. The van der Waals surface area contributed by atoms with E-state index in [2.05, 4.69) is 0 Å². The molecule has 166 valence electrons. The van der Waals surface area contributed by atoms with E-state index in [-0.39, 0.29) is 26.4 Å². The largest absolute Gasteiger partial charge is 0.465 e. The molecule has 29 heavy (non-hydrogen) atoms. The third-order valence-electron chi connectivity index (χ3n) is 4.32. The Kier molecular flexibility index (Phi) is 9.55. The molecule has 9 heteroatoms. The van der Waals surface area contributed by atoms with Crippen LogP contribution < -0.4 is 0 Å². The summed E-state index contributed by atoms with van der Waals surface area (Å²) >= 11 is 0. The van der Waals surface area contributed by atoms with E-state index in [0.29, 0.717) is 12.8 Å². The van der Waals surface area contributed by atoms with E-state index in [1.54, 1.807) is 41.5 Å². The summed E-state index contributed by atoms with van der Waals surface area (Å²) in [7, 11) is 0. The van der Waals surface area contributed by atoms with Crippen molar-refractivity contribution < 1.29 is 38.1 Å². The zero-order chi connectivity index (χ0) is 22.2. The molecule has 1 fully saturated rings. The third kappa shape index (κ3) is 7.30. The highest BCUT2D eigenvalue weighted by atomic mass is 16.6. The van der Waals surface area contributed by atoms with Crippen LogP contribution >= 0.6 is 0 Å². The molecule has 1 aliphatic heterocycles. The van der Waals surface area contributed by atoms with E-state index in [9.17, 15) is 19.2 Å². The Labute approximate surface area is 172 Å². The molecule has 0 unspecified atom stereocenters. The molecule has 0 spiro atoms. The van der Waals surface area contributed by atoms with E-state index in [4.69, 9.17) is 18.9 Å². The maximum Gasteiger partial charge on any atom is 0.323 e. The molecule has 0 amide bonds. The van der Waals surface area contributed by atoms with Gasteiger partial charge in [0.1, 0.15) is 11.6 Å². The number of esters is 4. The minimum absolute atomic E-state index is 0.0921. The highest BCUT2D eigenvalue weighted by Gasteiger charge is 2.49. The van der Waals surface area contributed by atoms with Gasteiger partial charge in [0.05, 0.1) is 26.4 Å². The minimum Gasteiger partial charge on any atom is -0.465 e. The van der Waals surface area contributed by atoms with Crippen molar-refractivity contribution in [2.75, 3.05) is 26.4 Å². The van der Waals surface area contributed by atoms with Gasteiger partial charge in [-0.2, -0.15) is 0 Å². The fourth-order valence-corrected chi connectivity index (χ4v) is 3.37. The minimum atomic E-state index is -1.27. The molecule has 0 saturated carbocycles. The maximum atomic E-state index is 12.5. The number of carbonyl (C=O) groups excluding carboxylic acids is 4. The molecule has 1 rings (SSSR count). The van der Waals surface area contributed by atoms with Crippen LogP contribution in [0.2, 0.25) is 0 Å². The number of hydrogen-bond acceptors (Lipinski definition) is 9. The van der Waals surface area contributed by atoms with Crippen molar-refractivity contribution in [3.05, 3.63) is 0 Å². The summed E-state index contributed by atoms with van der Waals surface area (Å²) in [5.74, 6) is -3.82. The molecule has 9 nitrogen and oxygen atoms in total. The monoisotopic (exact) mass is 415 g/mol. The first-order valence-corrected chi connectivity index (χ1v) is 10.0. The van der Waals surface area contributed by atoms with Crippen LogP contribution in [0.25, 0.3) is 0 Å². The van der Waals surface area contributed by atoms with Crippen molar-refractivity contribution in [2.24, 2.45) is 5.92 Å². The standard InChI is InChI=1S/C20H33NO8/c1-7-26-17(23)14-11-10-13(21(14)12-15(22)29-20(4,5)6)16(18(24)27-8-2)19(25)28-9-3/h13-14,16H,7-12H2,1-6H3/t13-,14+/m1/s1. The lowest BCUT2D eigenvalue weighted by atomic mass is 9.97. The van der Waals surface area contributed by atoms with Crippen LogP contribution in [0.3, 0.4) is 0 Å². The Balaban J connectivity index is 3.19. The summed E-state index contributed by atoms with van der Waals surface area (Å²) in [4.78, 5) is 51.4. The molecule has 2 atom stereocenters. The normalized spacial score (nSPS) is 19.7. The maximum absolute atomic E-state index is 12.5. The zero-order valence-electron chi connectivity index (χ0n) is 18.2. The highest BCUT2D eigenvalue weighted by molar-refractivity contribution is 5.96. The van der Waals surface area contributed by atoms with Gasteiger partial charge in [0.25, 0.3) is 0 Å². The Morgan fingerprint density at radius 1 is 0.897 bits per heavy atom. The zero-order valence-corrected chi connectivity index (χ0v) is 18.2. The molecular formula is C20H33NO8. The first-order valence-electron chi connectivity index (χ1n) is 10.0. The summed E-state index contributed by atoms with van der Waals surface area (Å²) < 4.78 is 20.6. The van der Waals surface area contributed by atoms with Crippen LogP contribution in [-0.2, 0) is 38.1 Å². The summed E-state index contributed by atoms with van der Waals surface area (Å²) in [6.45, 7) is 10.2. The summed E-state index contributed by atoms with van der Waals surface area (Å²) in [5.41, 5.74) is -0.715. The predicted octanol–water partition coefficient (Wildman–Crippen LogP) is 1.47. The van der Waals surface area contributed by atoms with E-state index < -0.39 is 47.5 Å². The Hall–Kier alpha value is -2.16. The average molecular weight is 415 g/mol. The van der Waals surface area contributed by atoms with Gasteiger partial charge in [-0.3, -0.25) is 24.1 Å². The molecule has 1 saturated heterocycles. The van der Waals surface area contributed by atoms with Gasteiger partial charge in [-0.1, -0.05) is 0 Å². The molecule has 1 aliphatic rings. The van der Waals surface area contributed by atoms with Gasteiger partial charge in [-0.25, -0.2) is 0 Å². The second-order valence-electron chi connectivity index (χ2n) is 7.65. The quantitative estimate of drug-likeness (QED) is 0.314. The van der Waals surface area contributed by atoms with Gasteiger partial charge >= 0.3 is 23.9 Å². The lowest BCUT2D eigenvalue weighted by molar-refractivity contribution is -0.170. The van der Waals surface area contributed by atoms with Crippen molar-refractivity contribution in [3.63, 3.8) is 0 Å². The summed E-state index contributed by atoms with van der Waals surface area (Å²) in [5, 5.41) is 0. The molecule has 0 N–H and O–H groups in total. The number of rotatable bonds is 9. The smallest absolute Gasteiger partial charge is 0.323 e. The number of likely N-dealkylation sites (tertiary alicyclic amines) is 1. The predicted molar refractivity (Wildman–Crippen MR) is 103 cm³/mol. The summed E-state index contributed by atoms with van der Waals surface area (Å²) in [6, 6.07) is -1.51. The van der Waals surface area contributed by atoms with Gasteiger partial charge in [0.2, 0.25) is 0 Å². The van der Waals surface area contributed by atoms with E-state index >= 15 is 0 Å². The number of carbonyl (C=O) groups is 4. The number of nitrogens with zero attached hydrogens (tertiary/aromatic N) is 1. The molecule has 0 radical (unpaired) electrons. The molecule has 0 bridgehead atoms. The Morgan fingerprint density at radius 3 is 1.86 bits per heavy atom. The van der Waals surface area contributed by atoms with Crippen LogP contribution in [0.15, 0.2) is 0 Å². The van der Waals surface area contributed by atoms with Crippen molar-refractivity contribution in [2.45, 2.75) is 72.1 Å². The van der Waals surface area contributed by atoms with Crippen LogP contribution in [0.5, 0.6) is 0 Å². The van der Waals surface area contributed by atoms with Gasteiger partial charge < -0.3 is 18.9 Å². The van der Waals surface area contributed by atoms with Crippen LogP contribution in [0.1, 0.15) is 54.4 Å². The molecule has 0 aromatic carbocycles. The molecule has 0 aliphatic carbocycles. The van der Waals surface area contributed by atoms with E-state index in [1.807, 2.05) is 0 Å². The Bertz CT molecular complexity index is 580. The molecular weight excluding hydrogens is 382 g/mol. The number of ether oxygens (including phenoxy) is 4. The topological polar surface area (TPSA) is 108 Å². The number of hydrogen-bond donors (Lipinski definition) is 0. The second-order valence-corrected chi connectivity index (χ2v) is 7.65. The first kappa shape index (κ1) is 24.9. The van der Waals surface area contributed by atoms with E-state index in [1.165, 1.54) is 4.90 Å². The van der Waals surface area contributed by atoms with E-state index in [0.717, 1.165) is 0 Å². The van der Waals surface area contributed by atoms with Gasteiger partial charge in [-0.15, -0.1) is 0 Å². The summed E-state index contributed by atoms with van der Waals surface area (Å²) in [6.07, 6.45) is 0.663. The lowest BCUT2D eigenvalue weighted by Gasteiger charge is -2.32. The van der Waals surface area contributed by atoms with Crippen molar-refractivity contribution in [1.82, 2.24) is 4.90 Å². The highest BCUT2D eigenvalue weighted by Crippen LogP contribution is 2.32. The van der Waals surface area contributed by atoms with Crippen LogP contribution in [0.4, 0.5) is 0 Å². The van der Waals surface area contributed by atoms with Gasteiger partial charge in [-0.05, 0) is 54.4 Å². The molecule has 1 heterocycles. The van der Waals surface area contributed by atoms with Crippen molar-refractivity contribution in [3.8, 4) is 0 Å². The Morgan fingerprint density at radius 2 is 1.41 bits per heavy atom. The van der Waals surface area contributed by atoms with Crippen molar-refractivity contribution >= 4 is 23.9 Å². The van der Waals surface area contributed by atoms with Crippen molar-refractivity contribution in [1.29, 1.82) is 0 Å². The fourth-order valence-electron chi connectivity index (χ4n) is 3.37. The van der Waals surface area contributed by atoms with Crippen LogP contribution in [0, 0.1) is 5.92 Å². The van der Waals surface area contributed by atoms with Gasteiger partial charge in [0.15, 0.2) is 5.92 Å². The molecule has 0 aromatic rings. The fraction of sp³-hybridized carbons (Fsp3) is 0.800. The lowest BCUT2D eigenvalue weighted by Crippen LogP contribution is -2.51. The SMILES string of the molecule is CCOC(=O)C(C(=O)OCC)[C@H]1CC[C@@H](C(=O)OCC)N1CC(=O)OC(C)(C)C. The average Bonchev–Trinajstić information content (AvgIpc) is 2.97. The van der Waals surface area contributed by atoms with Gasteiger partial charge in [0, 0.05) is 6.04 Å². The van der Waals surface area contributed by atoms with Crippen LogP contribution in [-0.4, -0.2) is 72.8 Å². The second kappa shape index (κ2) is 11.1. The third-order valence-corrected chi connectivity index (χ3v) is 4.32. The first-order chi connectivity index (χ1) is 13.6.